The van der Waals surface area contributed by atoms with E-state index in [0.29, 0.717) is 17.5 Å². The van der Waals surface area contributed by atoms with Gasteiger partial charge in [-0.15, -0.1) is 0 Å². The molecule has 0 aromatic carbocycles. The van der Waals surface area contributed by atoms with E-state index in [1.165, 1.54) is 11.8 Å². The molecule has 0 saturated carbocycles. The average Bonchev–Trinajstić information content (AvgIpc) is 2.60. The molecule has 2 aliphatic rings. The Morgan fingerprint density at radius 1 is 1.86 bits per heavy atom. The van der Waals surface area contributed by atoms with Gasteiger partial charge in [-0.25, -0.2) is 9.79 Å². The first-order chi connectivity index (χ1) is 6.72. The number of carboxylic acids is 1. The van der Waals surface area contributed by atoms with Gasteiger partial charge in [0, 0.05) is 0 Å². The minimum atomic E-state index is -0.887. The number of nitrogens with one attached hydrogen (secondary N) is 1. The smallest absolute Gasteiger partial charge is 0.341 e. The maximum Gasteiger partial charge on any atom is 0.341 e. The summed E-state index contributed by atoms with van der Waals surface area (Å²) in [5.41, 5.74) is 0. The number of nitrogens with zero attached hydrogens (tertiary/aromatic N) is 1. The van der Waals surface area contributed by atoms with Crippen molar-refractivity contribution in [3.05, 3.63) is 11.0 Å². The van der Waals surface area contributed by atoms with Crippen LogP contribution in [0.15, 0.2) is 16.0 Å². The van der Waals surface area contributed by atoms with E-state index >= 15 is 0 Å². The number of carboxylic acid groups (broad SMARTS) is 1. The minimum absolute atomic E-state index is 0.0496. The summed E-state index contributed by atoms with van der Waals surface area (Å²) in [5.74, 6) is -0.330. The zero-order valence-corrected chi connectivity index (χ0v) is 8.37. The molecule has 2 rings (SSSR count). The molecule has 2 N–H and O–H groups in total. The Hall–Kier alpha value is -1.01. The number of methoxy groups -OCH3 is 1. The first kappa shape index (κ1) is 9.54. The van der Waals surface area contributed by atoms with Crippen LogP contribution >= 0.6 is 11.8 Å². The molecule has 0 amide bonds. The maximum absolute atomic E-state index is 10.7. The Bertz CT molecular complexity index is 327. The van der Waals surface area contributed by atoms with Crippen molar-refractivity contribution < 1.29 is 14.6 Å². The molecule has 2 unspecified atom stereocenters. The van der Waals surface area contributed by atoms with E-state index in [4.69, 9.17) is 9.84 Å². The zero-order chi connectivity index (χ0) is 10.1. The van der Waals surface area contributed by atoms with Gasteiger partial charge in [0.2, 0.25) is 0 Å². The summed E-state index contributed by atoms with van der Waals surface area (Å²) in [4.78, 5) is 15.2. The van der Waals surface area contributed by atoms with E-state index in [2.05, 4.69) is 10.3 Å². The van der Waals surface area contributed by atoms with Crippen molar-refractivity contribution in [1.29, 1.82) is 0 Å². The molecule has 0 saturated heterocycles. The van der Waals surface area contributed by atoms with Crippen molar-refractivity contribution in [3.63, 3.8) is 0 Å². The highest BCUT2D eigenvalue weighted by Crippen LogP contribution is 2.37. The lowest BCUT2D eigenvalue weighted by atomic mass is 10.1. The molecule has 76 valence electrons. The van der Waals surface area contributed by atoms with Crippen molar-refractivity contribution in [3.8, 4) is 0 Å². The van der Waals surface area contributed by atoms with Crippen LogP contribution in [0.3, 0.4) is 0 Å². The fraction of sp³-hybridized carbons (Fsp3) is 0.500. The van der Waals surface area contributed by atoms with Crippen LogP contribution in [0.25, 0.3) is 0 Å². The molecule has 0 aromatic rings. The SMILES string of the molecule is COC1=NCNC2SC(C(=O)O)=CC12. The number of ether oxygens (including phenoxy) is 1. The molecule has 0 aromatic heterocycles. The Morgan fingerprint density at radius 3 is 3.29 bits per heavy atom. The first-order valence-corrected chi connectivity index (χ1v) is 5.04. The summed E-state index contributed by atoms with van der Waals surface area (Å²) in [5, 5.41) is 12.0. The van der Waals surface area contributed by atoms with E-state index in [9.17, 15) is 4.79 Å². The van der Waals surface area contributed by atoms with Gasteiger partial charge in [0.1, 0.15) is 0 Å². The first-order valence-electron chi connectivity index (χ1n) is 4.16. The summed E-state index contributed by atoms with van der Waals surface area (Å²) in [6.07, 6.45) is 1.69. The molecule has 2 heterocycles. The van der Waals surface area contributed by atoms with Gasteiger partial charge in [0.15, 0.2) is 5.90 Å². The van der Waals surface area contributed by atoms with E-state index in [0.717, 1.165) is 0 Å². The van der Waals surface area contributed by atoms with Crippen molar-refractivity contribution in [2.45, 2.75) is 5.37 Å². The van der Waals surface area contributed by atoms with Crippen molar-refractivity contribution in [2.75, 3.05) is 13.8 Å². The second-order valence-corrected chi connectivity index (χ2v) is 4.15. The van der Waals surface area contributed by atoms with Gasteiger partial charge in [-0.1, -0.05) is 11.8 Å². The summed E-state index contributed by atoms with van der Waals surface area (Å²) < 4.78 is 5.09. The third-order valence-corrected chi connectivity index (χ3v) is 3.42. The number of thioether (sulfide) groups is 1. The van der Waals surface area contributed by atoms with E-state index in [1.54, 1.807) is 13.2 Å². The van der Waals surface area contributed by atoms with E-state index in [-0.39, 0.29) is 11.3 Å². The molecule has 0 fully saturated rings. The van der Waals surface area contributed by atoms with Gasteiger partial charge in [-0.05, 0) is 6.08 Å². The third kappa shape index (κ3) is 1.51. The van der Waals surface area contributed by atoms with Crippen LogP contribution in [-0.4, -0.2) is 36.1 Å². The third-order valence-electron chi connectivity index (χ3n) is 2.14. The lowest BCUT2D eigenvalue weighted by Gasteiger charge is -2.24. The molecule has 0 bridgehead atoms. The lowest BCUT2D eigenvalue weighted by molar-refractivity contribution is -0.131. The van der Waals surface area contributed by atoms with Crippen molar-refractivity contribution in [2.24, 2.45) is 10.9 Å². The number of fused-ring (bicyclic) bond motifs is 1. The second kappa shape index (κ2) is 3.62. The summed E-state index contributed by atoms with van der Waals surface area (Å²) in [7, 11) is 1.55. The predicted molar refractivity (Wildman–Crippen MR) is 53.0 cm³/mol. The lowest BCUT2D eigenvalue weighted by Crippen LogP contribution is -2.40. The molecule has 0 aliphatic carbocycles. The fourth-order valence-electron chi connectivity index (χ4n) is 1.51. The predicted octanol–water partition coefficient (Wildman–Crippen LogP) is 0.250. The molecular weight excluding hydrogens is 204 g/mol. The number of aliphatic carboxylic acids is 1. The molecular formula is C8H10N2O3S. The van der Waals surface area contributed by atoms with Crippen LogP contribution in [0.2, 0.25) is 0 Å². The summed E-state index contributed by atoms with van der Waals surface area (Å²) >= 11 is 1.31. The number of aliphatic imine (C=N–C) groups is 1. The highest BCUT2D eigenvalue weighted by Gasteiger charge is 2.37. The van der Waals surface area contributed by atoms with Crippen molar-refractivity contribution >= 4 is 23.6 Å². The average molecular weight is 214 g/mol. The Balaban J connectivity index is 2.22. The Labute approximate surface area is 85.2 Å². The number of rotatable bonds is 1. The van der Waals surface area contributed by atoms with Crippen LogP contribution in [0, 0.1) is 5.92 Å². The Kier molecular flexibility index (Phi) is 2.47. The van der Waals surface area contributed by atoms with Crippen LogP contribution in [0.5, 0.6) is 0 Å². The Morgan fingerprint density at radius 2 is 2.64 bits per heavy atom. The second-order valence-electron chi connectivity index (χ2n) is 2.96. The minimum Gasteiger partial charge on any atom is -0.484 e. The summed E-state index contributed by atoms with van der Waals surface area (Å²) in [6, 6.07) is 0. The van der Waals surface area contributed by atoms with Gasteiger partial charge in [0.25, 0.3) is 0 Å². The van der Waals surface area contributed by atoms with E-state index in [1.807, 2.05) is 0 Å². The molecule has 2 atom stereocenters. The quantitative estimate of drug-likeness (QED) is 0.654. The van der Waals surface area contributed by atoms with Gasteiger partial charge in [-0.3, -0.25) is 5.32 Å². The zero-order valence-electron chi connectivity index (χ0n) is 7.56. The van der Waals surface area contributed by atoms with Crippen LogP contribution in [0.4, 0.5) is 0 Å². The van der Waals surface area contributed by atoms with Gasteiger partial charge < -0.3 is 9.84 Å². The number of carbonyl (C=O) groups is 1. The standard InChI is InChI=1S/C8H10N2O3S/c1-13-6-4-2-5(8(11)12)14-7(4)10-3-9-6/h2,4,7,10H,3H2,1H3,(H,11,12). The van der Waals surface area contributed by atoms with Crippen LogP contribution in [0.1, 0.15) is 0 Å². The molecule has 5 nitrogen and oxygen atoms in total. The van der Waals surface area contributed by atoms with E-state index < -0.39 is 5.97 Å². The number of hydrogen-bond donors (Lipinski definition) is 2. The molecule has 2 aliphatic heterocycles. The highest BCUT2D eigenvalue weighted by atomic mass is 32.2. The molecule has 0 radical (unpaired) electrons. The van der Waals surface area contributed by atoms with Crippen LogP contribution in [-0.2, 0) is 9.53 Å². The number of hydrogen-bond acceptors (Lipinski definition) is 5. The van der Waals surface area contributed by atoms with Crippen LogP contribution < -0.4 is 5.32 Å². The van der Waals surface area contributed by atoms with Gasteiger partial charge in [0.05, 0.1) is 30.0 Å². The topological polar surface area (TPSA) is 70.9 Å². The molecule has 0 spiro atoms. The fourth-order valence-corrected chi connectivity index (χ4v) is 2.61. The summed E-state index contributed by atoms with van der Waals surface area (Å²) in [6.45, 7) is 0.484. The maximum atomic E-state index is 10.7. The normalized spacial score (nSPS) is 30.4. The van der Waals surface area contributed by atoms with Crippen molar-refractivity contribution in [1.82, 2.24) is 5.32 Å². The monoisotopic (exact) mass is 214 g/mol. The largest absolute Gasteiger partial charge is 0.484 e. The molecule has 6 heteroatoms. The highest BCUT2D eigenvalue weighted by molar-refractivity contribution is 8.04. The van der Waals surface area contributed by atoms with Gasteiger partial charge in [-0.2, -0.15) is 0 Å². The molecule has 14 heavy (non-hydrogen) atoms. The van der Waals surface area contributed by atoms with Gasteiger partial charge >= 0.3 is 5.97 Å².